The van der Waals surface area contributed by atoms with Crippen molar-refractivity contribution in [3.63, 3.8) is 0 Å². The van der Waals surface area contributed by atoms with Crippen molar-refractivity contribution in [2.45, 2.75) is 33.2 Å². The highest BCUT2D eigenvalue weighted by Gasteiger charge is 2.13. The fourth-order valence-electron chi connectivity index (χ4n) is 2.96. The highest BCUT2D eigenvalue weighted by molar-refractivity contribution is 7.13. The van der Waals surface area contributed by atoms with Crippen LogP contribution in [0.2, 0.25) is 0 Å². The number of amides is 1. The standard InChI is InChI=1S/C23H26N2O3S/c1-4-27-20-11-9-17(10-12-20)23-25-19(15-29-23)14-22(26)24-16(3)18-7-6-8-21(13-18)28-5-2/h6-13,15-16H,4-5,14H2,1-3H3,(H,24,26). The summed E-state index contributed by atoms with van der Waals surface area (Å²) in [5.41, 5.74) is 2.80. The van der Waals surface area contributed by atoms with Gasteiger partial charge in [0.25, 0.3) is 0 Å². The predicted molar refractivity (Wildman–Crippen MR) is 117 cm³/mol. The molecule has 1 aromatic heterocycles. The van der Waals surface area contributed by atoms with Gasteiger partial charge in [-0.15, -0.1) is 11.3 Å². The van der Waals surface area contributed by atoms with Crippen LogP contribution in [-0.2, 0) is 11.2 Å². The Morgan fingerprint density at radius 1 is 1.07 bits per heavy atom. The first-order chi connectivity index (χ1) is 14.1. The molecule has 3 aromatic rings. The van der Waals surface area contributed by atoms with Crippen LogP contribution in [0.1, 0.15) is 38.1 Å². The van der Waals surface area contributed by atoms with Crippen molar-refractivity contribution in [1.82, 2.24) is 10.3 Å². The topological polar surface area (TPSA) is 60.5 Å². The Balaban J connectivity index is 1.59. The quantitative estimate of drug-likeness (QED) is 0.538. The number of nitrogens with zero attached hydrogens (tertiary/aromatic N) is 1. The minimum absolute atomic E-state index is 0.0529. The fourth-order valence-corrected chi connectivity index (χ4v) is 3.79. The third-order valence-corrected chi connectivity index (χ3v) is 5.29. The van der Waals surface area contributed by atoms with E-state index in [1.165, 1.54) is 11.3 Å². The second-order valence-electron chi connectivity index (χ2n) is 6.57. The molecule has 1 unspecified atom stereocenters. The Morgan fingerprint density at radius 3 is 2.52 bits per heavy atom. The fraction of sp³-hybridized carbons (Fsp3) is 0.304. The lowest BCUT2D eigenvalue weighted by atomic mass is 10.1. The Bertz CT molecular complexity index is 937. The van der Waals surface area contributed by atoms with Crippen molar-refractivity contribution in [3.05, 3.63) is 65.2 Å². The van der Waals surface area contributed by atoms with Gasteiger partial charge in [0.05, 0.1) is 31.4 Å². The molecule has 6 heteroatoms. The molecule has 1 N–H and O–H groups in total. The second kappa shape index (κ2) is 10.1. The van der Waals surface area contributed by atoms with E-state index in [9.17, 15) is 4.79 Å². The van der Waals surface area contributed by atoms with Gasteiger partial charge in [0.15, 0.2) is 0 Å². The van der Waals surface area contributed by atoms with Crippen LogP contribution < -0.4 is 14.8 Å². The maximum atomic E-state index is 12.5. The van der Waals surface area contributed by atoms with E-state index in [-0.39, 0.29) is 18.4 Å². The normalized spacial score (nSPS) is 11.7. The summed E-state index contributed by atoms with van der Waals surface area (Å²) in [7, 11) is 0. The molecule has 1 atom stereocenters. The molecule has 0 aliphatic heterocycles. The van der Waals surface area contributed by atoms with Crippen LogP contribution >= 0.6 is 11.3 Å². The SMILES string of the molecule is CCOc1ccc(-c2nc(CC(=O)NC(C)c3cccc(OCC)c3)cs2)cc1. The number of rotatable bonds is 9. The van der Waals surface area contributed by atoms with Crippen LogP contribution in [0.4, 0.5) is 0 Å². The number of carbonyl (C=O) groups is 1. The number of carbonyl (C=O) groups excluding carboxylic acids is 1. The van der Waals surface area contributed by atoms with E-state index >= 15 is 0 Å². The Kier molecular flexibility index (Phi) is 7.25. The third-order valence-electron chi connectivity index (χ3n) is 4.35. The summed E-state index contributed by atoms with van der Waals surface area (Å²) in [6, 6.07) is 15.5. The summed E-state index contributed by atoms with van der Waals surface area (Å²) >= 11 is 1.54. The molecule has 0 bridgehead atoms. The van der Waals surface area contributed by atoms with Gasteiger partial charge >= 0.3 is 0 Å². The minimum Gasteiger partial charge on any atom is -0.494 e. The summed E-state index contributed by atoms with van der Waals surface area (Å²) in [4.78, 5) is 17.1. The van der Waals surface area contributed by atoms with E-state index in [1.54, 1.807) is 0 Å². The molecule has 0 aliphatic rings. The van der Waals surface area contributed by atoms with Crippen molar-refractivity contribution in [1.29, 1.82) is 0 Å². The Labute approximate surface area is 175 Å². The van der Waals surface area contributed by atoms with Crippen LogP contribution in [0.5, 0.6) is 11.5 Å². The second-order valence-corrected chi connectivity index (χ2v) is 7.43. The lowest BCUT2D eigenvalue weighted by molar-refractivity contribution is -0.121. The maximum absolute atomic E-state index is 12.5. The summed E-state index contributed by atoms with van der Waals surface area (Å²) < 4.78 is 11.0. The largest absolute Gasteiger partial charge is 0.494 e. The molecule has 0 saturated heterocycles. The van der Waals surface area contributed by atoms with Gasteiger partial charge < -0.3 is 14.8 Å². The number of nitrogens with one attached hydrogen (secondary N) is 1. The zero-order valence-electron chi connectivity index (χ0n) is 17.0. The zero-order chi connectivity index (χ0) is 20.6. The molecule has 5 nitrogen and oxygen atoms in total. The third kappa shape index (κ3) is 5.81. The van der Waals surface area contributed by atoms with Gasteiger partial charge in [-0.25, -0.2) is 4.98 Å². The molecule has 0 spiro atoms. The van der Waals surface area contributed by atoms with E-state index in [0.717, 1.165) is 33.3 Å². The monoisotopic (exact) mass is 410 g/mol. The molecule has 152 valence electrons. The number of thiazole rings is 1. The number of benzene rings is 2. The van der Waals surface area contributed by atoms with Crippen molar-refractivity contribution >= 4 is 17.2 Å². The molecular formula is C23H26N2O3S. The van der Waals surface area contributed by atoms with Crippen molar-refractivity contribution < 1.29 is 14.3 Å². The van der Waals surface area contributed by atoms with Gasteiger partial charge in [0.1, 0.15) is 16.5 Å². The molecule has 0 radical (unpaired) electrons. The van der Waals surface area contributed by atoms with Gasteiger partial charge in [-0.1, -0.05) is 12.1 Å². The Morgan fingerprint density at radius 2 is 1.79 bits per heavy atom. The summed E-state index contributed by atoms with van der Waals surface area (Å²) in [6.45, 7) is 7.14. The first-order valence-electron chi connectivity index (χ1n) is 9.78. The highest BCUT2D eigenvalue weighted by Crippen LogP contribution is 2.26. The van der Waals surface area contributed by atoms with Gasteiger partial charge in [-0.05, 0) is 62.7 Å². The predicted octanol–water partition coefficient (Wildman–Crippen LogP) is 5.03. The van der Waals surface area contributed by atoms with E-state index in [0.29, 0.717) is 13.2 Å². The van der Waals surface area contributed by atoms with Crippen LogP contribution in [0.3, 0.4) is 0 Å². The first kappa shape index (κ1) is 20.9. The minimum atomic E-state index is -0.105. The van der Waals surface area contributed by atoms with Crippen LogP contribution in [-0.4, -0.2) is 24.1 Å². The number of hydrogen-bond donors (Lipinski definition) is 1. The van der Waals surface area contributed by atoms with E-state index in [1.807, 2.05) is 74.7 Å². The molecule has 2 aromatic carbocycles. The van der Waals surface area contributed by atoms with Gasteiger partial charge in [-0.2, -0.15) is 0 Å². The van der Waals surface area contributed by atoms with E-state index in [2.05, 4.69) is 10.3 Å². The molecule has 1 amide bonds. The lowest BCUT2D eigenvalue weighted by Crippen LogP contribution is -2.28. The molecule has 0 saturated carbocycles. The van der Waals surface area contributed by atoms with Crippen molar-refractivity contribution in [2.24, 2.45) is 0 Å². The highest BCUT2D eigenvalue weighted by atomic mass is 32.1. The zero-order valence-corrected chi connectivity index (χ0v) is 17.8. The van der Waals surface area contributed by atoms with Crippen molar-refractivity contribution in [3.8, 4) is 22.1 Å². The lowest BCUT2D eigenvalue weighted by Gasteiger charge is -2.15. The number of ether oxygens (including phenoxy) is 2. The van der Waals surface area contributed by atoms with Gasteiger partial charge in [0, 0.05) is 10.9 Å². The molecule has 1 heterocycles. The van der Waals surface area contributed by atoms with Crippen LogP contribution in [0, 0.1) is 0 Å². The first-order valence-corrected chi connectivity index (χ1v) is 10.7. The van der Waals surface area contributed by atoms with Gasteiger partial charge in [0.2, 0.25) is 5.91 Å². The summed E-state index contributed by atoms with van der Waals surface area (Å²) in [5.74, 6) is 1.60. The Hall–Kier alpha value is -2.86. The van der Waals surface area contributed by atoms with Crippen LogP contribution in [0.25, 0.3) is 10.6 Å². The molecule has 0 fully saturated rings. The maximum Gasteiger partial charge on any atom is 0.226 e. The summed E-state index contributed by atoms with van der Waals surface area (Å²) in [5, 5.41) is 5.87. The number of aromatic nitrogens is 1. The molecule has 29 heavy (non-hydrogen) atoms. The van der Waals surface area contributed by atoms with Crippen LogP contribution in [0.15, 0.2) is 53.9 Å². The van der Waals surface area contributed by atoms with E-state index in [4.69, 9.17) is 9.47 Å². The van der Waals surface area contributed by atoms with Gasteiger partial charge in [-0.3, -0.25) is 4.79 Å². The average molecular weight is 411 g/mol. The van der Waals surface area contributed by atoms with E-state index < -0.39 is 0 Å². The van der Waals surface area contributed by atoms with Crippen molar-refractivity contribution in [2.75, 3.05) is 13.2 Å². The number of hydrogen-bond acceptors (Lipinski definition) is 5. The molecule has 3 rings (SSSR count). The average Bonchev–Trinajstić information content (AvgIpc) is 3.17. The summed E-state index contributed by atoms with van der Waals surface area (Å²) in [6.07, 6.45) is 0.253. The molecule has 0 aliphatic carbocycles. The smallest absolute Gasteiger partial charge is 0.226 e. The molecular weight excluding hydrogens is 384 g/mol.